The first-order chi connectivity index (χ1) is 13.4. The van der Waals surface area contributed by atoms with E-state index in [0.717, 1.165) is 17.5 Å². The third kappa shape index (κ3) is 3.96. The van der Waals surface area contributed by atoms with Crippen LogP contribution >= 0.6 is 0 Å². The van der Waals surface area contributed by atoms with E-state index in [1.165, 1.54) is 0 Å². The number of carbonyl (C=O) groups excluding carboxylic acids is 2. The number of hydrogen-bond donors (Lipinski definition) is 0. The zero-order chi connectivity index (χ0) is 20.1. The molecule has 0 saturated heterocycles. The van der Waals surface area contributed by atoms with Crippen LogP contribution in [0.4, 0.5) is 0 Å². The minimum Gasteiger partial charge on any atom is -0.465 e. The number of carbonyl (C=O) groups is 2. The standard InChI is InChI=1S/C24H28O4/c1-17(2)16-27-23(26)24(19-11-5-4-6-12-19)15-9-14-21(24)28-22(25)20-13-8-7-10-18(20)3/h4-8,10-13,17,21H,9,14-16H2,1-3H3. The van der Waals surface area contributed by atoms with Gasteiger partial charge >= 0.3 is 11.9 Å². The molecule has 3 rings (SSSR count). The Morgan fingerprint density at radius 3 is 2.43 bits per heavy atom. The van der Waals surface area contributed by atoms with Crippen molar-refractivity contribution in [3.63, 3.8) is 0 Å². The topological polar surface area (TPSA) is 52.6 Å². The molecule has 0 amide bonds. The fourth-order valence-corrected chi connectivity index (χ4v) is 3.92. The van der Waals surface area contributed by atoms with Gasteiger partial charge in [-0.3, -0.25) is 4.79 Å². The summed E-state index contributed by atoms with van der Waals surface area (Å²) in [4.78, 5) is 26.1. The Morgan fingerprint density at radius 1 is 1.07 bits per heavy atom. The average Bonchev–Trinajstić information content (AvgIpc) is 3.11. The van der Waals surface area contributed by atoms with Crippen LogP contribution in [0.1, 0.15) is 54.6 Å². The molecule has 0 heterocycles. The molecule has 28 heavy (non-hydrogen) atoms. The molecule has 0 aliphatic heterocycles. The number of aryl methyl sites for hydroxylation is 1. The zero-order valence-corrected chi connectivity index (χ0v) is 16.8. The Bertz CT molecular complexity index is 828. The maximum atomic E-state index is 13.3. The molecular formula is C24H28O4. The minimum atomic E-state index is -0.950. The van der Waals surface area contributed by atoms with Gasteiger partial charge in [-0.2, -0.15) is 0 Å². The van der Waals surface area contributed by atoms with Gasteiger partial charge in [0.2, 0.25) is 0 Å². The van der Waals surface area contributed by atoms with Crippen LogP contribution in [0.3, 0.4) is 0 Å². The smallest absolute Gasteiger partial charge is 0.338 e. The summed E-state index contributed by atoms with van der Waals surface area (Å²) >= 11 is 0. The maximum absolute atomic E-state index is 13.3. The molecule has 0 radical (unpaired) electrons. The first-order valence-corrected chi connectivity index (χ1v) is 9.94. The second kappa shape index (κ2) is 8.59. The van der Waals surface area contributed by atoms with Crippen molar-refractivity contribution in [2.45, 2.75) is 51.6 Å². The van der Waals surface area contributed by atoms with Crippen molar-refractivity contribution in [1.82, 2.24) is 0 Å². The van der Waals surface area contributed by atoms with Crippen LogP contribution < -0.4 is 0 Å². The van der Waals surface area contributed by atoms with Gasteiger partial charge in [0.15, 0.2) is 0 Å². The van der Waals surface area contributed by atoms with Crippen LogP contribution in [-0.2, 0) is 19.7 Å². The fourth-order valence-electron chi connectivity index (χ4n) is 3.92. The van der Waals surface area contributed by atoms with Crippen LogP contribution in [0.25, 0.3) is 0 Å². The first kappa shape index (κ1) is 20.1. The third-order valence-corrected chi connectivity index (χ3v) is 5.40. The summed E-state index contributed by atoms with van der Waals surface area (Å²) in [6, 6.07) is 16.9. The van der Waals surface area contributed by atoms with Crippen molar-refractivity contribution in [3.05, 3.63) is 71.3 Å². The van der Waals surface area contributed by atoms with Crippen molar-refractivity contribution in [2.75, 3.05) is 6.61 Å². The Kier molecular flexibility index (Phi) is 6.18. The first-order valence-electron chi connectivity index (χ1n) is 9.94. The molecule has 0 spiro atoms. The van der Waals surface area contributed by atoms with Gasteiger partial charge in [-0.1, -0.05) is 62.4 Å². The van der Waals surface area contributed by atoms with Gasteiger partial charge in [0.1, 0.15) is 11.5 Å². The second-order valence-electron chi connectivity index (χ2n) is 7.93. The van der Waals surface area contributed by atoms with Gasteiger partial charge in [-0.15, -0.1) is 0 Å². The lowest BCUT2D eigenvalue weighted by molar-refractivity contribution is -0.155. The van der Waals surface area contributed by atoms with Gasteiger partial charge in [0.25, 0.3) is 0 Å². The summed E-state index contributed by atoms with van der Waals surface area (Å²) in [5, 5.41) is 0. The van der Waals surface area contributed by atoms with E-state index in [2.05, 4.69) is 0 Å². The fraction of sp³-hybridized carbons (Fsp3) is 0.417. The molecule has 2 unspecified atom stereocenters. The highest BCUT2D eigenvalue weighted by atomic mass is 16.6. The van der Waals surface area contributed by atoms with E-state index in [4.69, 9.17) is 9.47 Å². The Hall–Kier alpha value is -2.62. The van der Waals surface area contributed by atoms with Gasteiger partial charge in [-0.05, 0) is 49.3 Å². The highest BCUT2D eigenvalue weighted by molar-refractivity contribution is 5.92. The van der Waals surface area contributed by atoms with E-state index in [1.54, 1.807) is 6.07 Å². The number of esters is 2. The van der Waals surface area contributed by atoms with Gasteiger partial charge in [0.05, 0.1) is 12.2 Å². The lowest BCUT2D eigenvalue weighted by Gasteiger charge is -2.33. The summed E-state index contributed by atoms with van der Waals surface area (Å²) in [5.41, 5.74) is 1.29. The molecule has 0 N–H and O–H groups in total. The predicted octanol–water partition coefficient (Wildman–Crippen LogP) is 4.84. The van der Waals surface area contributed by atoms with Gasteiger partial charge < -0.3 is 9.47 Å². The molecule has 2 aromatic carbocycles. The summed E-state index contributed by atoms with van der Waals surface area (Å²) < 4.78 is 11.6. The number of ether oxygens (including phenoxy) is 2. The van der Waals surface area contributed by atoms with Gasteiger partial charge in [-0.25, -0.2) is 4.79 Å². The van der Waals surface area contributed by atoms with E-state index in [9.17, 15) is 9.59 Å². The summed E-state index contributed by atoms with van der Waals surface area (Å²) in [6.45, 7) is 6.25. The molecule has 1 aliphatic carbocycles. The lowest BCUT2D eigenvalue weighted by Crippen LogP contribution is -2.46. The van der Waals surface area contributed by atoms with Crippen LogP contribution in [0, 0.1) is 12.8 Å². The van der Waals surface area contributed by atoms with Crippen LogP contribution in [0.5, 0.6) is 0 Å². The number of hydrogen-bond acceptors (Lipinski definition) is 4. The van der Waals surface area contributed by atoms with Crippen molar-refractivity contribution >= 4 is 11.9 Å². The lowest BCUT2D eigenvalue weighted by atomic mass is 9.77. The molecule has 2 atom stereocenters. The molecule has 4 heteroatoms. The van der Waals surface area contributed by atoms with E-state index < -0.39 is 11.5 Å². The molecule has 0 aromatic heterocycles. The van der Waals surface area contributed by atoms with E-state index >= 15 is 0 Å². The van der Waals surface area contributed by atoms with Gasteiger partial charge in [0, 0.05) is 0 Å². The van der Waals surface area contributed by atoms with E-state index in [1.807, 2.05) is 69.3 Å². The molecule has 0 bridgehead atoms. The zero-order valence-electron chi connectivity index (χ0n) is 16.8. The van der Waals surface area contributed by atoms with Crippen molar-refractivity contribution in [2.24, 2.45) is 5.92 Å². The second-order valence-corrected chi connectivity index (χ2v) is 7.93. The largest absolute Gasteiger partial charge is 0.465 e. The maximum Gasteiger partial charge on any atom is 0.338 e. The Labute approximate surface area is 166 Å². The third-order valence-electron chi connectivity index (χ3n) is 5.40. The van der Waals surface area contributed by atoms with Crippen LogP contribution in [0.2, 0.25) is 0 Å². The highest BCUT2D eigenvalue weighted by Crippen LogP contribution is 2.44. The Balaban J connectivity index is 1.93. The highest BCUT2D eigenvalue weighted by Gasteiger charge is 2.54. The summed E-state index contributed by atoms with van der Waals surface area (Å²) in [6.07, 6.45) is 1.52. The number of rotatable bonds is 6. The van der Waals surface area contributed by atoms with Crippen molar-refractivity contribution in [1.29, 1.82) is 0 Å². The molecular weight excluding hydrogens is 352 g/mol. The summed E-state index contributed by atoms with van der Waals surface area (Å²) in [7, 11) is 0. The predicted molar refractivity (Wildman–Crippen MR) is 108 cm³/mol. The summed E-state index contributed by atoms with van der Waals surface area (Å²) in [5.74, 6) is -0.444. The van der Waals surface area contributed by atoms with Crippen LogP contribution in [-0.4, -0.2) is 24.6 Å². The van der Waals surface area contributed by atoms with Crippen molar-refractivity contribution < 1.29 is 19.1 Å². The molecule has 4 nitrogen and oxygen atoms in total. The molecule has 2 aromatic rings. The molecule has 1 aliphatic rings. The number of benzene rings is 2. The normalized spacial score (nSPS) is 21.5. The van der Waals surface area contributed by atoms with E-state index in [-0.39, 0.29) is 17.9 Å². The molecule has 1 saturated carbocycles. The van der Waals surface area contributed by atoms with E-state index in [0.29, 0.717) is 25.0 Å². The molecule has 1 fully saturated rings. The SMILES string of the molecule is Cc1ccccc1C(=O)OC1CCCC1(C(=O)OCC(C)C)c1ccccc1. The molecule has 148 valence electrons. The van der Waals surface area contributed by atoms with Crippen LogP contribution in [0.15, 0.2) is 54.6 Å². The monoisotopic (exact) mass is 380 g/mol. The Morgan fingerprint density at radius 2 is 1.75 bits per heavy atom. The quantitative estimate of drug-likeness (QED) is 0.673. The van der Waals surface area contributed by atoms with Crippen molar-refractivity contribution in [3.8, 4) is 0 Å². The minimum absolute atomic E-state index is 0.242. The average molecular weight is 380 g/mol.